The van der Waals surface area contributed by atoms with Crippen LogP contribution in [0.1, 0.15) is 27.4 Å². The molecule has 0 unspecified atom stereocenters. The lowest BCUT2D eigenvalue weighted by atomic mass is 10.0. The molecule has 2 N–H and O–H groups in total. The van der Waals surface area contributed by atoms with Gasteiger partial charge in [-0.1, -0.05) is 0 Å². The first-order chi connectivity index (χ1) is 11.0. The number of aromatic amines is 1. The fourth-order valence-corrected chi connectivity index (χ4v) is 3.07. The molecule has 2 atom stereocenters. The van der Waals surface area contributed by atoms with Gasteiger partial charge >= 0.3 is 0 Å². The molecule has 0 bridgehead atoms. The summed E-state index contributed by atoms with van der Waals surface area (Å²) < 4.78 is 1.65. The number of carbonyl (C=O) groups excluding carboxylic acids is 1. The minimum atomic E-state index is -0.563. The SMILES string of the molecule is Cc1cc(C[C@@H]2CN(C(=O)c3cc(C#N)cn3C)C[C@H]2O)n[nH]1. The third kappa shape index (κ3) is 2.98. The normalized spacial score (nSPS) is 20.7. The molecular weight excluding hydrogens is 294 g/mol. The van der Waals surface area contributed by atoms with E-state index < -0.39 is 6.10 Å². The minimum absolute atomic E-state index is 0.0302. The number of β-amino-alcohol motifs (C(OH)–C–C–N with tert-alkyl or cyclic N) is 1. The molecule has 1 saturated heterocycles. The number of carbonyl (C=O) groups is 1. The maximum absolute atomic E-state index is 12.6. The largest absolute Gasteiger partial charge is 0.391 e. The van der Waals surface area contributed by atoms with Crippen molar-refractivity contribution in [3.8, 4) is 6.07 Å². The Bertz CT molecular complexity index is 770. The number of likely N-dealkylation sites (tertiary alicyclic amines) is 1. The molecule has 1 aliphatic heterocycles. The van der Waals surface area contributed by atoms with Crippen LogP contribution in [-0.4, -0.2) is 49.9 Å². The first-order valence-corrected chi connectivity index (χ1v) is 7.52. The van der Waals surface area contributed by atoms with E-state index in [2.05, 4.69) is 10.2 Å². The lowest BCUT2D eigenvalue weighted by Crippen LogP contribution is -2.30. The Hall–Kier alpha value is -2.59. The van der Waals surface area contributed by atoms with Crippen molar-refractivity contribution in [1.82, 2.24) is 19.7 Å². The molecule has 3 heterocycles. The maximum atomic E-state index is 12.6. The fourth-order valence-electron chi connectivity index (χ4n) is 3.07. The lowest BCUT2D eigenvalue weighted by Gasteiger charge is -2.16. The van der Waals surface area contributed by atoms with Gasteiger partial charge in [-0.3, -0.25) is 9.89 Å². The zero-order valence-corrected chi connectivity index (χ0v) is 13.2. The van der Waals surface area contributed by atoms with Crippen LogP contribution >= 0.6 is 0 Å². The van der Waals surface area contributed by atoms with E-state index in [0.717, 1.165) is 11.4 Å². The van der Waals surface area contributed by atoms with E-state index in [1.807, 2.05) is 19.1 Å². The molecule has 2 aromatic rings. The second-order valence-corrected chi connectivity index (χ2v) is 6.12. The number of aromatic nitrogens is 3. The minimum Gasteiger partial charge on any atom is -0.391 e. The summed E-state index contributed by atoms with van der Waals surface area (Å²) in [5, 5.41) is 26.3. The average molecular weight is 313 g/mol. The van der Waals surface area contributed by atoms with Crippen molar-refractivity contribution in [3.63, 3.8) is 0 Å². The molecule has 0 saturated carbocycles. The highest BCUT2D eigenvalue weighted by molar-refractivity contribution is 5.93. The van der Waals surface area contributed by atoms with Gasteiger partial charge in [0.05, 0.1) is 17.4 Å². The van der Waals surface area contributed by atoms with E-state index >= 15 is 0 Å². The van der Waals surface area contributed by atoms with Crippen molar-refractivity contribution in [2.75, 3.05) is 13.1 Å². The quantitative estimate of drug-likeness (QED) is 0.867. The van der Waals surface area contributed by atoms with E-state index in [0.29, 0.717) is 30.8 Å². The number of rotatable bonds is 3. The Morgan fingerprint density at radius 1 is 1.52 bits per heavy atom. The number of nitrogens with zero attached hydrogens (tertiary/aromatic N) is 4. The topological polar surface area (TPSA) is 97.9 Å². The molecule has 2 aromatic heterocycles. The molecule has 7 nitrogen and oxygen atoms in total. The van der Waals surface area contributed by atoms with Crippen molar-refractivity contribution in [3.05, 3.63) is 41.0 Å². The van der Waals surface area contributed by atoms with Crippen molar-refractivity contribution < 1.29 is 9.90 Å². The van der Waals surface area contributed by atoms with Gasteiger partial charge in [0.15, 0.2) is 0 Å². The third-order valence-electron chi connectivity index (χ3n) is 4.28. The summed E-state index contributed by atoms with van der Waals surface area (Å²) in [6, 6.07) is 5.57. The molecule has 0 aromatic carbocycles. The molecule has 7 heteroatoms. The molecule has 1 fully saturated rings. The van der Waals surface area contributed by atoms with Crippen LogP contribution in [0.5, 0.6) is 0 Å². The molecule has 120 valence electrons. The standard InChI is InChI=1S/C16H19N5O2/c1-10-3-13(19-18-10)5-12-8-21(9-15(12)22)16(23)14-4-11(6-17)7-20(14)2/h3-4,7,12,15,22H,5,8-9H2,1-2H3,(H,18,19)/t12-,15-/m1/s1. The van der Waals surface area contributed by atoms with Gasteiger partial charge in [-0.05, 0) is 25.5 Å². The molecule has 0 aliphatic carbocycles. The van der Waals surface area contributed by atoms with Crippen molar-refractivity contribution >= 4 is 5.91 Å². The molecule has 1 aliphatic rings. The summed E-state index contributed by atoms with van der Waals surface area (Å²) in [6.45, 7) is 2.72. The molecule has 23 heavy (non-hydrogen) atoms. The highest BCUT2D eigenvalue weighted by Gasteiger charge is 2.35. The number of H-pyrrole nitrogens is 1. The van der Waals surface area contributed by atoms with Crippen molar-refractivity contribution in [1.29, 1.82) is 5.26 Å². The Labute approximate surface area is 134 Å². The van der Waals surface area contributed by atoms with Crippen LogP contribution in [-0.2, 0) is 13.5 Å². The highest BCUT2D eigenvalue weighted by atomic mass is 16.3. The van der Waals surface area contributed by atoms with E-state index in [-0.39, 0.29) is 11.8 Å². The van der Waals surface area contributed by atoms with Gasteiger partial charge < -0.3 is 14.6 Å². The van der Waals surface area contributed by atoms with Crippen molar-refractivity contribution in [2.24, 2.45) is 13.0 Å². The Morgan fingerprint density at radius 3 is 2.91 bits per heavy atom. The van der Waals surface area contributed by atoms with Crippen LogP contribution in [0.4, 0.5) is 0 Å². The fraction of sp³-hybridized carbons (Fsp3) is 0.438. The smallest absolute Gasteiger partial charge is 0.270 e. The van der Waals surface area contributed by atoms with Crippen LogP contribution in [0.2, 0.25) is 0 Å². The van der Waals surface area contributed by atoms with Gasteiger partial charge in [-0.2, -0.15) is 10.4 Å². The van der Waals surface area contributed by atoms with E-state index in [4.69, 9.17) is 5.26 Å². The monoisotopic (exact) mass is 313 g/mol. The van der Waals surface area contributed by atoms with Gasteiger partial charge in [0.2, 0.25) is 0 Å². The number of amides is 1. The van der Waals surface area contributed by atoms with Gasteiger partial charge in [0.25, 0.3) is 5.91 Å². The number of aliphatic hydroxyl groups excluding tert-OH is 1. The number of aliphatic hydroxyl groups is 1. The van der Waals surface area contributed by atoms with Crippen molar-refractivity contribution in [2.45, 2.75) is 19.4 Å². The summed E-state index contributed by atoms with van der Waals surface area (Å²) in [6.07, 6.45) is 1.70. The Kier molecular flexibility index (Phi) is 3.92. The van der Waals surface area contributed by atoms with Crippen LogP contribution in [0.15, 0.2) is 18.3 Å². The highest BCUT2D eigenvalue weighted by Crippen LogP contribution is 2.23. The Balaban J connectivity index is 1.71. The molecule has 0 spiro atoms. The maximum Gasteiger partial charge on any atom is 0.270 e. The van der Waals surface area contributed by atoms with Gasteiger partial charge in [0.1, 0.15) is 11.8 Å². The number of nitrogens with one attached hydrogen (secondary N) is 1. The van der Waals surface area contributed by atoms with E-state index in [1.54, 1.807) is 28.8 Å². The Morgan fingerprint density at radius 2 is 2.30 bits per heavy atom. The molecule has 0 radical (unpaired) electrons. The third-order valence-corrected chi connectivity index (χ3v) is 4.28. The summed E-state index contributed by atoms with van der Waals surface area (Å²) in [5.74, 6) is -0.189. The lowest BCUT2D eigenvalue weighted by molar-refractivity contribution is 0.0755. The summed E-state index contributed by atoms with van der Waals surface area (Å²) >= 11 is 0. The number of hydrogen-bond acceptors (Lipinski definition) is 4. The average Bonchev–Trinajstić information content (AvgIpc) is 3.19. The zero-order valence-electron chi connectivity index (χ0n) is 13.2. The molecule has 3 rings (SSSR count). The van der Waals surface area contributed by atoms with E-state index in [9.17, 15) is 9.90 Å². The second kappa shape index (κ2) is 5.89. The zero-order chi connectivity index (χ0) is 16.6. The van der Waals surface area contributed by atoms with Crippen LogP contribution in [0, 0.1) is 24.2 Å². The second-order valence-electron chi connectivity index (χ2n) is 6.12. The predicted molar refractivity (Wildman–Crippen MR) is 82.6 cm³/mol. The number of aryl methyl sites for hydroxylation is 2. The number of nitriles is 1. The van der Waals surface area contributed by atoms with Crippen LogP contribution < -0.4 is 0 Å². The summed E-state index contributed by atoms with van der Waals surface area (Å²) in [5.41, 5.74) is 2.80. The first kappa shape index (κ1) is 15.3. The van der Waals surface area contributed by atoms with Crippen LogP contribution in [0.25, 0.3) is 0 Å². The summed E-state index contributed by atoms with van der Waals surface area (Å²) in [4.78, 5) is 14.3. The van der Waals surface area contributed by atoms with Crippen LogP contribution in [0.3, 0.4) is 0 Å². The van der Waals surface area contributed by atoms with Gasteiger partial charge in [-0.25, -0.2) is 0 Å². The first-order valence-electron chi connectivity index (χ1n) is 7.52. The van der Waals surface area contributed by atoms with Gasteiger partial charge in [-0.15, -0.1) is 0 Å². The summed E-state index contributed by atoms with van der Waals surface area (Å²) in [7, 11) is 1.74. The van der Waals surface area contributed by atoms with E-state index in [1.165, 1.54) is 0 Å². The predicted octanol–water partition coefficient (Wildman–Crippen LogP) is 0.604. The number of hydrogen-bond donors (Lipinski definition) is 2. The van der Waals surface area contributed by atoms with Gasteiger partial charge in [0, 0.05) is 37.9 Å². The molecular formula is C16H19N5O2. The molecule has 1 amide bonds.